The van der Waals surface area contributed by atoms with Crippen LogP contribution in [0.1, 0.15) is 20.3 Å². The van der Waals surface area contributed by atoms with Gasteiger partial charge in [0.15, 0.2) is 0 Å². The summed E-state index contributed by atoms with van der Waals surface area (Å²) in [5.41, 5.74) is 0. The highest BCUT2D eigenvalue weighted by Gasteiger charge is 2.17. The Hall–Kier alpha value is -2.11. The van der Waals surface area contributed by atoms with Gasteiger partial charge in [-0.2, -0.15) is 0 Å². The van der Waals surface area contributed by atoms with Crippen LogP contribution in [0.25, 0.3) is 0 Å². The minimum absolute atomic E-state index is 0.143. The molecule has 0 aliphatic carbocycles. The Morgan fingerprint density at radius 1 is 1.00 bits per heavy atom. The van der Waals surface area contributed by atoms with Gasteiger partial charge in [0.05, 0.1) is 6.42 Å². The summed E-state index contributed by atoms with van der Waals surface area (Å²) in [5.74, 6) is -1.97. The molecule has 0 amide bonds. The van der Waals surface area contributed by atoms with Crippen molar-refractivity contribution in [3.63, 3.8) is 0 Å². The summed E-state index contributed by atoms with van der Waals surface area (Å²) in [6, 6.07) is 0. The highest BCUT2D eigenvalue weighted by Crippen LogP contribution is 2.04. The molecule has 100 valence electrons. The molecule has 18 heavy (non-hydrogen) atoms. The van der Waals surface area contributed by atoms with E-state index in [-0.39, 0.29) is 6.42 Å². The number of esters is 3. The van der Waals surface area contributed by atoms with Crippen LogP contribution in [-0.2, 0) is 28.6 Å². The predicted octanol–water partition coefficient (Wildman–Crippen LogP) is 1.11. The number of hydrogen-bond donors (Lipinski definition) is 0. The Labute approximate surface area is 105 Å². The fourth-order valence-electron chi connectivity index (χ4n) is 0.992. The highest BCUT2D eigenvalue weighted by atomic mass is 16.7. The van der Waals surface area contributed by atoms with Crippen LogP contribution in [0.15, 0.2) is 25.3 Å². The average molecular weight is 256 g/mol. The molecule has 0 saturated carbocycles. The van der Waals surface area contributed by atoms with Crippen molar-refractivity contribution in [3.8, 4) is 0 Å². The van der Waals surface area contributed by atoms with Crippen molar-refractivity contribution in [3.05, 3.63) is 25.3 Å². The molecule has 0 fully saturated rings. The molecule has 6 nitrogen and oxygen atoms in total. The van der Waals surface area contributed by atoms with Crippen LogP contribution >= 0.6 is 0 Å². The minimum Gasteiger partial charge on any atom is -0.459 e. The van der Waals surface area contributed by atoms with E-state index in [1.165, 1.54) is 13.8 Å². The maximum Gasteiger partial charge on any atom is 0.333 e. The van der Waals surface area contributed by atoms with Crippen molar-refractivity contribution >= 4 is 17.9 Å². The molecule has 0 aromatic heterocycles. The van der Waals surface area contributed by atoms with E-state index in [0.29, 0.717) is 0 Å². The smallest absolute Gasteiger partial charge is 0.333 e. The third-order valence-corrected chi connectivity index (χ3v) is 1.68. The SMILES string of the molecule is C=CC(=O)OC(C)CC(=O)OC(C)OC(=O)C=C. The van der Waals surface area contributed by atoms with Gasteiger partial charge in [0.2, 0.25) is 6.29 Å². The van der Waals surface area contributed by atoms with Crippen LogP contribution in [0.3, 0.4) is 0 Å². The van der Waals surface area contributed by atoms with E-state index in [2.05, 4.69) is 17.9 Å². The lowest BCUT2D eigenvalue weighted by Gasteiger charge is -2.15. The molecule has 0 aromatic rings. The second kappa shape index (κ2) is 8.05. The Balaban J connectivity index is 4.02. The van der Waals surface area contributed by atoms with Crippen molar-refractivity contribution in [2.75, 3.05) is 0 Å². The van der Waals surface area contributed by atoms with Gasteiger partial charge in [-0.05, 0) is 6.92 Å². The van der Waals surface area contributed by atoms with Gasteiger partial charge in [0.1, 0.15) is 6.10 Å². The Bertz CT molecular complexity index is 314. The fourth-order valence-corrected chi connectivity index (χ4v) is 0.992. The Morgan fingerprint density at radius 3 is 2.00 bits per heavy atom. The second-order valence-electron chi connectivity index (χ2n) is 3.35. The Kier molecular flexibility index (Phi) is 7.11. The fraction of sp³-hybridized carbons (Fsp3) is 0.417. The monoisotopic (exact) mass is 256 g/mol. The highest BCUT2D eigenvalue weighted by molar-refractivity contribution is 5.82. The average Bonchev–Trinajstić information content (AvgIpc) is 2.27. The summed E-state index contributed by atoms with van der Waals surface area (Å²) >= 11 is 0. The van der Waals surface area contributed by atoms with Crippen LogP contribution < -0.4 is 0 Å². The molecule has 0 rings (SSSR count). The van der Waals surface area contributed by atoms with E-state index in [1.807, 2.05) is 0 Å². The third kappa shape index (κ3) is 7.21. The number of carbonyl (C=O) groups is 3. The molecular formula is C12H16O6. The van der Waals surface area contributed by atoms with Crippen LogP contribution in [0.2, 0.25) is 0 Å². The molecule has 0 bridgehead atoms. The standard InChI is InChI=1S/C12H16O6/c1-5-10(13)16-8(3)7-12(15)18-9(4)17-11(14)6-2/h5-6,8-9H,1-2,7H2,3-4H3. The first kappa shape index (κ1) is 15.9. The van der Waals surface area contributed by atoms with Gasteiger partial charge in [0.25, 0.3) is 0 Å². The van der Waals surface area contributed by atoms with Crippen molar-refractivity contribution in [2.24, 2.45) is 0 Å². The summed E-state index contributed by atoms with van der Waals surface area (Å²) in [4.78, 5) is 33.0. The van der Waals surface area contributed by atoms with Gasteiger partial charge in [-0.25, -0.2) is 9.59 Å². The Morgan fingerprint density at radius 2 is 1.50 bits per heavy atom. The van der Waals surface area contributed by atoms with E-state index < -0.39 is 30.3 Å². The number of hydrogen-bond acceptors (Lipinski definition) is 6. The molecule has 0 spiro atoms. The van der Waals surface area contributed by atoms with E-state index in [0.717, 1.165) is 12.2 Å². The molecule has 0 aromatic carbocycles. The maximum absolute atomic E-state index is 11.3. The first-order valence-electron chi connectivity index (χ1n) is 5.24. The molecular weight excluding hydrogens is 240 g/mol. The zero-order valence-electron chi connectivity index (χ0n) is 10.4. The maximum atomic E-state index is 11.3. The van der Waals surface area contributed by atoms with Gasteiger partial charge in [-0.1, -0.05) is 13.2 Å². The van der Waals surface area contributed by atoms with Gasteiger partial charge in [-0.15, -0.1) is 0 Å². The van der Waals surface area contributed by atoms with Gasteiger partial charge >= 0.3 is 17.9 Å². The summed E-state index contributed by atoms with van der Waals surface area (Å²) in [5, 5.41) is 0. The number of ether oxygens (including phenoxy) is 3. The van der Waals surface area contributed by atoms with Crippen molar-refractivity contribution in [2.45, 2.75) is 32.7 Å². The van der Waals surface area contributed by atoms with Gasteiger partial charge < -0.3 is 14.2 Å². The summed E-state index contributed by atoms with van der Waals surface area (Å²) in [6.45, 7) is 9.35. The normalized spacial score (nSPS) is 12.8. The number of rotatable bonds is 7. The van der Waals surface area contributed by atoms with E-state index in [9.17, 15) is 14.4 Å². The lowest BCUT2D eigenvalue weighted by molar-refractivity contribution is -0.182. The van der Waals surface area contributed by atoms with Crippen LogP contribution in [0.5, 0.6) is 0 Å². The van der Waals surface area contributed by atoms with E-state index in [4.69, 9.17) is 9.47 Å². The largest absolute Gasteiger partial charge is 0.459 e. The molecule has 0 saturated heterocycles. The quantitative estimate of drug-likeness (QED) is 0.386. The van der Waals surface area contributed by atoms with E-state index >= 15 is 0 Å². The molecule has 0 radical (unpaired) electrons. The minimum atomic E-state index is -1.02. The topological polar surface area (TPSA) is 78.9 Å². The zero-order chi connectivity index (χ0) is 14.1. The van der Waals surface area contributed by atoms with Crippen molar-refractivity contribution in [1.82, 2.24) is 0 Å². The van der Waals surface area contributed by atoms with Crippen LogP contribution in [-0.4, -0.2) is 30.3 Å². The first-order valence-corrected chi connectivity index (χ1v) is 5.24. The molecule has 0 aliphatic rings. The predicted molar refractivity (Wildman–Crippen MR) is 62.2 cm³/mol. The molecule has 0 aliphatic heterocycles. The van der Waals surface area contributed by atoms with Crippen molar-refractivity contribution in [1.29, 1.82) is 0 Å². The summed E-state index contributed by atoms with van der Waals surface area (Å²) < 4.78 is 14.2. The molecule has 6 heteroatoms. The van der Waals surface area contributed by atoms with Crippen LogP contribution in [0, 0.1) is 0 Å². The lowest BCUT2D eigenvalue weighted by Crippen LogP contribution is -2.24. The van der Waals surface area contributed by atoms with Crippen molar-refractivity contribution < 1.29 is 28.6 Å². The zero-order valence-corrected chi connectivity index (χ0v) is 10.4. The van der Waals surface area contributed by atoms with Crippen LogP contribution in [0.4, 0.5) is 0 Å². The molecule has 2 atom stereocenters. The van der Waals surface area contributed by atoms with E-state index in [1.54, 1.807) is 0 Å². The molecule has 0 N–H and O–H groups in total. The number of carbonyl (C=O) groups excluding carboxylic acids is 3. The van der Waals surface area contributed by atoms with Gasteiger partial charge in [-0.3, -0.25) is 4.79 Å². The second-order valence-corrected chi connectivity index (χ2v) is 3.35. The van der Waals surface area contributed by atoms with Gasteiger partial charge in [0, 0.05) is 19.1 Å². The lowest BCUT2D eigenvalue weighted by atomic mass is 10.3. The summed E-state index contributed by atoms with van der Waals surface area (Å²) in [6.07, 6.45) is 0.139. The molecule has 0 heterocycles. The molecule has 2 unspecified atom stereocenters. The third-order valence-electron chi connectivity index (χ3n) is 1.68. The first-order chi connectivity index (χ1) is 8.38. The summed E-state index contributed by atoms with van der Waals surface area (Å²) in [7, 11) is 0.